The smallest absolute Gasteiger partial charge is 0.338 e. The number of hydrogen-bond donors (Lipinski definition) is 4. The second-order valence-electron chi connectivity index (χ2n) is 6.66. The molecule has 0 radical (unpaired) electrons. The molecule has 27 heavy (non-hydrogen) atoms. The first kappa shape index (κ1) is 17.6. The van der Waals surface area contributed by atoms with Crippen LogP contribution in [0.1, 0.15) is 24.8 Å². The van der Waals surface area contributed by atoms with Crippen molar-refractivity contribution < 1.29 is 13.2 Å². The van der Waals surface area contributed by atoms with E-state index >= 15 is 0 Å². The fraction of sp³-hybridized carbons (Fsp3) is 0.333. The highest BCUT2D eigenvalue weighted by Crippen LogP contribution is 2.44. The molecule has 0 bridgehead atoms. The Hall–Kier alpha value is -2.81. The molecule has 0 spiro atoms. The van der Waals surface area contributed by atoms with E-state index in [1.165, 1.54) is 18.3 Å². The fourth-order valence-corrected chi connectivity index (χ4v) is 3.60. The van der Waals surface area contributed by atoms with Crippen LogP contribution >= 0.6 is 0 Å². The Morgan fingerprint density at radius 2 is 1.89 bits per heavy atom. The van der Waals surface area contributed by atoms with Crippen LogP contribution in [0, 0.1) is 0 Å². The molecule has 2 aromatic heterocycles. The molecule has 1 saturated heterocycles. The minimum atomic E-state index is -4.38. The van der Waals surface area contributed by atoms with Crippen LogP contribution in [0.4, 0.5) is 24.7 Å². The van der Waals surface area contributed by atoms with Gasteiger partial charge in [0.1, 0.15) is 10.9 Å². The van der Waals surface area contributed by atoms with Gasteiger partial charge in [-0.2, -0.15) is 18.3 Å². The van der Waals surface area contributed by atoms with Gasteiger partial charge >= 0.3 is 6.18 Å². The monoisotopic (exact) mass is 377 g/mol. The van der Waals surface area contributed by atoms with Crippen LogP contribution in [0.5, 0.6) is 0 Å². The number of rotatable bonds is 3. The van der Waals surface area contributed by atoms with Gasteiger partial charge in [-0.3, -0.25) is 15.2 Å². The van der Waals surface area contributed by atoms with Gasteiger partial charge < -0.3 is 10.3 Å². The summed E-state index contributed by atoms with van der Waals surface area (Å²) in [6.45, 7) is 0.335. The van der Waals surface area contributed by atoms with Crippen molar-refractivity contribution in [3.63, 3.8) is 0 Å². The maximum atomic E-state index is 13.8. The highest BCUT2D eigenvalue weighted by atomic mass is 19.4. The summed E-state index contributed by atoms with van der Waals surface area (Å²) in [6.07, 6.45) is -1.60. The number of nitrogens with one attached hydrogen (secondary N) is 4. The first-order valence-electron chi connectivity index (χ1n) is 8.66. The van der Waals surface area contributed by atoms with Gasteiger partial charge in [0.05, 0.1) is 5.52 Å². The van der Waals surface area contributed by atoms with Gasteiger partial charge in [0.25, 0.3) is 5.56 Å². The Morgan fingerprint density at radius 3 is 2.56 bits per heavy atom. The number of alkyl halides is 3. The van der Waals surface area contributed by atoms with Crippen molar-refractivity contribution in [3.05, 3.63) is 52.4 Å². The van der Waals surface area contributed by atoms with E-state index in [2.05, 4.69) is 25.8 Å². The highest BCUT2D eigenvalue weighted by Gasteiger charge is 2.55. The van der Waals surface area contributed by atoms with E-state index in [4.69, 9.17) is 0 Å². The van der Waals surface area contributed by atoms with E-state index in [0.29, 0.717) is 35.4 Å². The van der Waals surface area contributed by atoms with Gasteiger partial charge in [-0.25, -0.2) is 0 Å². The lowest BCUT2D eigenvalue weighted by Crippen LogP contribution is -2.56. The third-order valence-electron chi connectivity index (χ3n) is 5.02. The molecule has 1 unspecified atom stereocenters. The van der Waals surface area contributed by atoms with Crippen molar-refractivity contribution in [1.29, 1.82) is 0 Å². The Kier molecular flexibility index (Phi) is 4.18. The topological polar surface area (TPSA) is 85.6 Å². The molecule has 0 amide bonds. The van der Waals surface area contributed by atoms with Gasteiger partial charge in [-0.1, -0.05) is 12.1 Å². The standard InChI is InChI=1S/C18H18F3N5O/c19-18(20,21)17(8-1-2-9-23-17)11-3-5-12(6-4-11)24-15-14-13(25-26-15)7-10-22-16(14)27/h3-7,10,23H,1-2,8-9H2,(H,22,27)(H2,24,25,26). The fourth-order valence-electron chi connectivity index (χ4n) is 3.60. The van der Waals surface area contributed by atoms with Crippen LogP contribution < -0.4 is 16.2 Å². The van der Waals surface area contributed by atoms with Crippen LogP contribution in [-0.2, 0) is 5.54 Å². The van der Waals surface area contributed by atoms with Gasteiger partial charge in [0.15, 0.2) is 5.82 Å². The summed E-state index contributed by atoms with van der Waals surface area (Å²) in [5.41, 5.74) is -1.02. The number of aromatic nitrogens is 3. The molecule has 1 fully saturated rings. The number of aromatic amines is 2. The number of hydrogen-bond acceptors (Lipinski definition) is 4. The molecule has 1 atom stereocenters. The Morgan fingerprint density at radius 1 is 1.11 bits per heavy atom. The number of anilines is 2. The molecule has 9 heteroatoms. The van der Waals surface area contributed by atoms with E-state index < -0.39 is 11.7 Å². The summed E-state index contributed by atoms with van der Waals surface area (Å²) in [4.78, 5) is 14.5. The lowest BCUT2D eigenvalue weighted by molar-refractivity contribution is -0.207. The SMILES string of the molecule is O=c1[nH]ccc2[nH]nc(Nc3ccc(C4(C(F)(F)F)CCCCN4)cc3)c12. The third kappa shape index (κ3) is 2.97. The molecule has 1 aliphatic heterocycles. The normalized spacial score (nSPS) is 20.7. The Balaban J connectivity index is 1.65. The summed E-state index contributed by atoms with van der Waals surface area (Å²) < 4.78 is 41.3. The molecule has 142 valence electrons. The minimum Gasteiger partial charge on any atom is -0.338 e. The zero-order valence-electron chi connectivity index (χ0n) is 14.3. The zero-order chi connectivity index (χ0) is 19.1. The number of H-pyrrole nitrogens is 2. The molecule has 0 saturated carbocycles. The maximum absolute atomic E-state index is 13.8. The molecule has 4 rings (SSSR count). The molecule has 0 aliphatic carbocycles. The predicted molar refractivity (Wildman–Crippen MR) is 96.0 cm³/mol. The van der Waals surface area contributed by atoms with Gasteiger partial charge in [0.2, 0.25) is 0 Å². The lowest BCUT2D eigenvalue weighted by Gasteiger charge is -2.40. The number of fused-ring (bicyclic) bond motifs is 1. The second-order valence-corrected chi connectivity index (χ2v) is 6.66. The maximum Gasteiger partial charge on any atom is 0.410 e. The van der Waals surface area contributed by atoms with Crippen molar-refractivity contribution >= 4 is 22.4 Å². The average Bonchev–Trinajstić information content (AvgIpc) is 3.06. The third-order valence-corrected chi connectivity index (χ3v) is 5.02. The molecule has 3 heterocycles. The second kappa shape index (κ2) is 6.41. The van der Waals surface area contributed by atoms with Crippen LogP contribution in [-0.4, -0.2) is 27.9 Å². The van der Waals surface area contributed by atoms with E-state index in [1.54, 1.807) is 18.2 Å². The van der Waals surface area contributed by atoms with Crippen LogP contribution in [0.25, 0.3) is 10.9 Å². The molecule has 6 nitrogen and oxygen atoms in total. The predicted octanol–water partition coefficient (Wildman–Crippen LogP) is 3.53. The van der Waals surface area contributed by atoms with Crippen LogP contribution in [0.2, 0.25) is 0 Å². The first-order valence-corrected chi connectivity index (χ1v) is 8.66. The zero-order valence-corrected chi connectivity index (χ0v) is 14.3. The molecule has 1 aromatic carbocycles. The van der Waals surface area contributed by atoms with Crippen molar-refractivity contribution in [3.8, 4) is 0 Å². The molecule has 3 aromatic rings. The van der Waals surface area contributed by atoms with Crippen LogP contribution in [0.15, 0.2) is 41.3 Å². The quantitative estimate of drug-likeness (QED) is 0.563. The van der Waals surface area contributed by atoms with Crippen molar-refractivity contribution in [2.75, 3.05) is 11.9 Å². The van der Waals surface area contributed by atoms with Gasteiger partial charge in [-0.15, -0.1) is 0 Å². The van der Waals surface area contributed by atoms with Crippen molar-refractivity contribution in [1.82, 2.24) is 20.5 Å². The summed E-state index contributed by atoms with van der Waals surface area (Å²) in [5, 5.41) is 12.8. The summed E-state index contributed by atoms with van der Waals surface area (Å²) in [6, 6.07) is 7.74. The van der Waals surface area contributed by atoms with E-state index in [-0.39, 0.29) is 17.5 Å². The van der Waals surface area contributed by atoms with Crippen molar-refractivity contribution in [2.24, 2.45) is 0 Å². The lowest BCUT2D eigenvalue weighted by atomic mass is 9.81. The highest BCUT2D eigenvalue weighted by molar-refractivity contribution is 5.90. The number of nitrogens with zero attached hydrogens (tertiary/aromatic N) is 1. The molecule has 1 aliphatic rings. The minimum absolute atomic E-state index is 0.0165. The molecular formula is C18H18F3N5O. The average molecular weight is 377 g/mol. The van der Waals surface area contributed by atoms with Gasteiger partial charge in [0, 0.05) is 11.9 Å². The van der Waals surface area contributed by atoms with E-state index in [9.17, 15) is 18.0 Å². The first-order chi connectivity index (χ1) is 12.9. The van der Waals surface area contributed by atoms with E-state index in [0.717, 1.165) is 6.42 Å². The van der Waals surface area contributed by atoms with Gasteiger partial charge in [-0.05, 0) is 49.6 Å². The summed E-state index contributed by atoms with van der Waals surface area (Å²) in [5.74, 6) is 0.320. The Labute approximate surface area is 152 Å². The summed E-state index contributed by atoms with van der Waals surface area (Å²) in [7, 11) is 0. The number of piperidine rings is 1. The van der Waals surface area contributed by atoms with Crippen LogP contribution in [0.3, 0.4) is 0 Å². The Bertz CT molecular complexity index is 1000. The molecular weight excluding hydrogens is 359 g/mol. The number of benzene rings is 1. The summed E-state index contributed by atoms with van der Waals surface area (Å²) >= 11 is 0. The van der Waals surface area contributed by atoms with E-state index in [1.807, 2.05) is 0 Å². The van der Waals surface area contributed by atoms with Crippen molar-refractivity contribution in [2.45, 2.75) is 31.0 Å². The number of pyridine rings is 1. The largest absolute Gasteiger partial charge is 0.410 e. The molecule has 4 N–H and O–H groups in total. The number of halogens is 3.